The molecule has 8 nitrogen and oxygen atoms in total. The number of para-hydroxylation sites is 1. The van der Waals surface area contributed by atoms with E-state index < -0.39 is 5.54 Å². The van der Waals surface area contributed by atoms with Crippen LogP contribution in [0.25, 0.3) is 0 Å². The molecule has 1 atom stereocenters. The molecule has 2 aromatic carbocycles. The van der Waals surface area contributed by atoms with Crippen LogP contribution in [0.4, 0.5) is 5.69 Å². The summed E-state index contributed by atoms with van der Waals surface area (Å²) < 4.78 is 1.66. The van der Waals surface area contributed by atoms with Crippen LogP contribution in [-0.2, 0) is 24.3 Å². The highest BCUT2D eigenvalue weighted by atomic mass is 35.5. The number of carbonyl (C=O) groups is 3. The second kappa shape index (κ2) is 8.48. The van der Waals surface area contributed by atoms with Crippen LogP contribution >= 0.6 is 11.6 Å². The molecule has 1 aliphatic carbocycles. The Balaban J connectivity index is 1.30. The van der Waals surface area contributed by atoms with Gasteiger partial charge in [0.25, 0.3) is 11.8 Å². The van der Waals surface area contributed by atoms with Crippen molar-refractivity contribution in [2.24, 2.45) is 0 Å². The summed E-state index contributed by atoms with van der Waals surface area (Å²) >= 11 is 6.26. The van der Waals surface area contributed by atoms with E-state index in [0.29, 0.717) is 11.6 Å². The maximum Gasteiger partial charge on any atom is 0.279 e. The van der Waals surface area contributed by atoms with Crippen molar-refractivity contribution in [3.8, 4) is 0 Å². The van der Waals surface area contributed by atoms with E-state index in [4.69, 9.17) is 11.6 Å². The van der Waals surface area contributed by atoms with Gasteiger partial charge in [0.1, 0.15) is 11.2 Å². The zero-order valence-electron chi connectivity index (χ0n) is 19.9. The largest absolute Gasteiger partial charge is 0.350 e. The predicted molar refractivity (Wildman–Crippen MR) is 135 cm³/mol. The van der Waals surface area contributed by atoms with Crippen LogP contribution in [0.2, 0.25) is 5.02 Å². The Kier molecular flexibility index (Phi) is 5.37. The molecule has 0 saturated heterocycles. The van der Waals surface area contributed by atoms with Crippen molar-refractivity contribution in [1.29, 1.82) is 0 Å². The van der Waals surface area contributed by atoms with E-state index in [9.17, 15) is 14.4 Å². The van der Waals surface area contributed by atoms with E-state index >= 15 is 0 Å². The van der Waals surface area contributed by atoms with Gasteiger partial charge >= 0.3 is 0 Å². The molecule has 0 spiro atoms. The Bertz CT molecular complexity index is 1400. The van der Waals surface area contributed by atoms with Crippen molar-refractivity contribution in [3.63, 3.8) is 0 Å². The Morgan fingerprint density at radius 1 is 1.14 bits per heavy atom. The number of fused-ring (bicyclic) bond motifs is 2. The minimum Gasteiger partial charge on any atom is -0.350 e. The number of nitrogens with zero attached hydrogens (tertiary/aromatic N) is 4. The van der Waals surface area contributed by atoms with E-state index in [0.717, 1.165) is 36.1 Å². The molecule has 9 heteroatoms. The first-order valence-corrected chi connectivity index (χ1v) is 12.6. The van der Waals surface area contributed by atoms with E-state index in [-0.39, 0.29) is 48.2 Å². The van der Waals surface area contributed by atoms with Crippen LogP contribution in [0, 0.1) is 0 Å². The summed E-state index contributed by atoms with van der Waals surface area (Å²) in [6.07, 6.45) is 3.93. The van der Waals surface area contributed by atoms with Gasteiger partial charge < -0.3 is 19.7 Å². The number of nitrogens with one attached hydrogen (secondary N) is 1. The van der Waals surface area contributed by atoms with Gasteiger partial charge in [-0.3, -0.25) is 14.4 Å². The minimum atomic E-state index is -1.12. The lowest BCUT2D eigenvalue weighted by Crippen LogP contribution is -2.64. The van der Waals surface area contributed by atoms with E-state index in [1.54, 1.807) is 27.4 Å². The SMILES string of the molecule is C[C@]1(C(=O)NCc2ccccc2Cl)Cn2cnc(C(=O)N3CCc4ccccc43)c2C(=O)N1C1CC1. The fourth-order valence-electron chi connectivity index (χ4n) is 5.40. The van der Waals surface area contributed by atoms with Crippen LogP contribution in [0.1, 0.15) is 51.9 Å². The van der Waals surface area contributed by atoms with Gasteiger partial charge in [-0.15, -0.1) is 0 Å². The smallest absolute Gasteiger partial charge is 0.279 e. The van der Waals surface area contributed by atoms with Crippen molar-refractivity contribution in [2.45, 2.75) is 50.9 Å². The molecule has 0 radical (unpaired) electrons. The van der Waals surface area contributed by atoms with Gasteiger partial charge in [0.05, 0.1) is 12.9 Å². The van der Waals surface area contributed by atoms with E-state index in [2.05, 4.69) is 10.3 Å². The molecule has 1 saturated carbocycles. The third-order valence-corrected chi connectivity index (χ3v) is 7.77. The number of anilines is 1. The number of benzene rings is 2. The number of halogens is 1. The van der Waals surface area contributed by atoms with Crippen LogP contribution in [-0.4, -0.2) is 50.3 Å². The van der Waals surface area contributed by atoms with Crippen LogP contribution in [0.3, 0.4) is 0 Å². The second-order valence-electron chi connectivity index (χ2n) is 9.86. The first-order chi connectivity index (χ1) is 17.4. The number of amides is 3. The van der Waals surface area contributed by atoms with Gasteiger partial charge in [-0.25, -0.2) is 4.98 Å². The second-order valence-corrected chi connectivity index (χ2v) is 10.3. The number of carbonyl (C=O) groups excluding carboxylic acids is 3. The summed E-state index contributed by atoms with van der Waals surface area (Å²) in [5.74, 6) is -0.875. The van der Waals surface area contributed by atoms with Crippen LogP contribution in [0.5, 0.6) is 0 Å². The van der Waals surface area contributed by atoms with Gasteiger partial charge in [-0.2, -0.15) is 0 Å². The van der Waals surface area contributed by atoms with Gasteiger partial charge in [0.2, 0.25) is 5.91 Å². The molecule has 3 amide bonds. The Hall–Kier alpha value is -3.65. The summed E-state index contributed by atoms with van der Waals surface area (Å²) in [6.45, 7) is 2.81. The fraction of sp³-hybridized carbons (Fsp3) is 0.333. The van der Waals surface area contributed by atoms with Gasteiger partial charge in [0.15, 0.2) is 5.69 Å². The molecule has 1 fully saturated rings. The molecule has 3 aliphatic rings. The molecule has 6 rings (SSSR count). The number of rotatable bonds is 5. The molecule has 36 heavy (non-hydrogen) atoms. The summed E-state index contributed by atoms with van der Waals surface area (Å²) in [5, 5.41) is 3.55. The average Bonchev–Trinajstić information content (AvgIpc) is 3.45. The highest BCUT2D eigenvalue weighted by Crippen LogP contribution is 2.39. The van der Waals surface area contributed by atoms with Gasteiger partial charge in [-0.1, -0.05) is 48.0 Å². The molecule has 3 heterocycles. The van der Waals surface area contributed by atoms with Gasteiger partial charge in [-0.05, 0) is 49.4 Å². The summed E-state index contributed by atoms with van der Waals surface area (Å²) in [4.78, 5) is 48.7. The maximum atomic E-state index is 13.9. The van der Waals surface area contributed by atoms with E-state index in [1.165, 1.54) is 6.33 Å². The highest BCUT2D eigenvalue weighted by Gasteiger charge is 2.54. The van der Waals surface area contributed by atoms with Crippen molar-refractivity contribution >= 4 is 35.0 Å². The third-order valence-electron chi connectivity index (χ3n) is 7.40. The average molecular weight is 504 g/mol. The quantitative estimate of drug-likeness (QED) is 0.578. The number of hydrogen-bond donors (Lipinski definition) is 1. The molecular formula is C27H26ClN5O3. The third kappa shape index (κ3) is 3.59. The zero-order valence-corrected chi connectivity index (χ0v) is 20.7. The van der Waals surface area contributed by atoms with Crippen LogP contribution in [0.15, 0.2) is 54.9 Å². The van der Waals surface area contributed by atoms with Crippen molar-refractivity contribution < 1.29 is 14.4 Å². The molecule has 0 unspecified atom stereocenters. The highest BCUT2D eigenvalue weighted by molar-refractivity contribution is 6.31. The lowest BCUT2D eigenvalue weighted by atomic mass is 9.93. The molecular weight excluding hydrogens is 478 g/mol. The first kappa shape index (κ1) is 22.8. The molecule has 3 aromatic rings. The molecule has 2 aliphatic heterocycles. The zero-order chi connectivity index (χ0) is 25.0. The fourth-order valence-corrected chi connectivity index (χ4v) is 5.60. The predicted octanol–water partition coefficient (Wildman–Crippen LogP) is 3.43. The first-order valence-electron chi connectivity index (χ1n) is 12.2. The topological polar surface area (TPSA) is 87.5 Å². The number of hydrogen-bond acceptors (Lipinski definition) is 4. The Morgan fingerprint density at radius 3 is 2.67 bits per heavy atom. The van der Waals surface area contributed by atoms with Crippen molar-refractivity contribution in [2.75, 3.05) is 11.4 Å². The monoisotopic (exact) mass is 503 g/mol. The summed E-state index contributed by atoms with van der Waals surface area (Å²) in [6, 6.07) is 15.1. The molecule has 184 valence electrons. The molecule has 0 bridgehead atoms. The van der Waals surface area contributed by atoms with Crippen LogP contribution < -0.4 is 10.2 Å². The minimum absolute atomic E-state index is 0.0346. The van der Waals surface area contributed by atoms with E-state index in [1.807, 2.05) is 42.5 Å². The lowest BCUT2D eigenvalue weighted by Gasteiger charge is -2.44. The number of aromatic nitrogens is 2. The number of imidazole rings is 1. The normalized spacial score (nSPS) is 20.8. The standard InChI is InChI=1S/C27H26ClN5O3/c1-27(26(36)29-14-18-7-2-4-8-20(18)28)15-31-16-30-22(23(31)25(35)33(27)19-10-11-19)24(34)32-13-12-17-6-3-5-9-21(17)32/h2-9,16,19H,10-15H2,1H3,(H,29,36)/t27-/m1/s1. The maximum absolute atomic E-state index is 13.9. The van der Waals surface area contributed by atoms with Crippen molar-refractivity contribution in [1.82, 2.24) is 19.8 Å². The summed E-state index contributed by atoms with van der Waals surface area (Å²) in [5.41, 5.74) is 2.04. The Morgan fingerprint density at radius 2 is 1.89 bits per heavy atom. The Labute approximate surface area is 213 Å². The van der Waals surface area contributed by atoms with Gasteiger partial charge in [0, 0.05) is 29.8 Å². The van der Waals surface area contributed by atoms with Crippen molar-refractivity contribution in [3.05, 3.63) is 82.4 Å². The lowest BCUT2D eigenvalue weighted by molar-refractivity contribution is -0.133. The summed E-state index contributed by atoms with van der Waals surface area (Å²) in [7, 11) is 0. The molecule has 1 N–H and O–H groups in total. The molecule has 1 aromatic heterocycles.